The molecule has 1 rings (SSSR count). The first kappa shape index (κ1) is 16.0. The van der Waals surface area contributed by atoms with Gasteiger partial charge in [0.2, 0.25) is 16.8 Å². The number of hydrogen-bond donors (Lipinski definition) is 4. The molecule has 0 saturated carbocycles. The molecule has 0 aliphatic heterocycles. The lowest BCUT2D eigenvalue weighted by atomic mass is 10.1. The van der Waals surface area contributed by atoms with E-state index in [1.807, 2.05) is 0 Å². The van der Waals surface area contributed by atoms with Crippen LogP contribution in [0.5, 0.6) is 0 Å². The maximum absolute atomic E-state index is 11.3. The molecule has 0 saturated heterocycles. The van der Waals surface area contributed by atoms with Crippen LogP contribution in [-0.4, -0.2) is 31.9 Å². The molecule has 0 aromatic heterocycles. The van der Waals surface area contributed by atoms with Crippen LogP contribution in [0, 0.1) is 0 Å². The zero-order valence-electron chi connectivity index (χ0n) is 10.7. The number of benzene rings is 1. The first-order chi connectivity index (χ1) is 9.47. The minimum atomic E-state index is -2.67. The molecule has 0 fully saturated rings. The van der Waals surface area contributed by atoms with Gasteiger partial charge in [-0.15, -0.1) is 0 Å². The Kier molecular flexibility index (Phi) is 6.51. The van der Waals surface area contributed by atoms with Gasteiger partial charge in [0.1, 0.15) is 0 Å². The highest BCUT2D eigenvalue weighted by Gasteiger charge is 2.04. The summed E-state index contributed by atoms with van der Waals surface area (Å²) in [5, 5.41) is 11.0. The summed E-state index contributed by atoms with van der Waals surface area (Å²) < 4.78 is 23.2. The fraction of sp³-hybridized carbons (Fsp3) is 0.333. The summed E-state index contributed by atoms with van der Waals surface area (Å²) in [5.74, 6) is -1.30. The second-order valence-electron chi connectivity index (χ2n) is 4.06. The smallest absolute Gasteiger partial charge is 0.303 e. The molecule has 1 aromatic carbocycles. The quantitative estimate of drug-likeness (QED) is 0.510. The average Bonchev–Trinajstić information content (AvgIpc) is 2.38. The Labute approximate surface area is 118 Å². The molecule has 8 heteroatoms. The van der Waals surface area contributed by atoms with Crippen LogP contribution >= 0.6 is 0 Å². The van der Waals surface area contributed by atoms with Crippen molar-refractivity contribution in [3.63, 3.8) is 0 Å². The number of rotatable bonds is 8. The molecule has 0 aliphatic carbocycles. The van der Waals surface area contributed by atoms with Crippen LogP contribution in [0.15, 0.2) is 24.3 Å². The number of amides is 1. The van der Waals surface area contributed by atoms with Crippen molar-refractivity contribution in [2.45, 2.75) is 19.3 Å². The van der Waals surface area contributed by atoms with Crippen molar-refractivity contribution in [1.29, 1.82) is 0 Å². The number of nitrogens with one attached hydrogen (secondary N) is 2. The van der Waals surface area contributed by atoms with Crippen molar-refractivity contribution in [2.75, 3.05) is 11.3 Å². The van der Waals surface area contributed by atoms with E-state index in [2.05, 4.69) is 10.0 Å². The van der Waals surface area contributed by atoms with Gasteiger partial charge in [0.15, 0.2) is 0 Å². The van der Waals surface area contributed by atoms with Crippen LogP contribution in [0.2, 0.25) is 0 Å². The highest BCUT2D eigenvalue weighted by molar-refractivity contribution is 7.73. The SMILES string of the molecule is O=C(O)CCC(=O)NCCc1ccc(N[SH](=O)=O)cc1. The van der Waals surface area contributed by atoms with Gasteiger partial charge in [-0.05, 0) is 24.1 Å². The fourth-order valence-corrected chi connectivity index (χ4v) is 1.87. The Hall–Kier alpha value is -2.09. The predicted octanol–water partition coefficient (Wildman–Crippen LogP) is 0.148. The van der Waals surface area contributed by atoms with E-state index in [0.29, 0.717) is 18.7 Å². The number of carbonyl (C=O) groups excluding carboxylic acids is 1. The molecule has 3 N–H and O–H groups in total. The lowest BCUT2D eigenvalue weighted by Gasteiger charge is -2.05. The second-order valence-corrected chi connectivity index (χ2v) is 4.80. The van der Waals surface area contributed by atoms with Gasteiger partial charge < -0.3 is 10.4 Å². The monoisotopic (exact) mass is 300 g/mol. The molecule has 0 bridgehead atoms. The molecular weight excluding hydrogens is 284 g/mol. The van der Waals surface area contributed by atoms with Crippen molar-refractivity contribution in [3.8, 4) is 0 Å². The van der Waals surface area contributed by atoms with Gasteiger partial charge in [0.25, 0.3) is 0 Å². The van der Waals surface area contributed by atoms with Gasteiger partial charge in [-0.2, -0.15) is 0 Å². The van der Waals surface area contributed by atoms with Crippen LogP contribution in [-0.2, 0) is 26.9 Å². The average molecular weight is 300 g/mol. The Morgan fingerprint density at radius 1 is 1.10 bits per heavy atom. The zero-order valence-corrected chi connectivity index (χ0v) is 11.6. The van der Waals surface area contributed by atoms with Crippen molar-refractivity contribution < 1.29 is 23.1 Å². The number of hydrogen-bond acceptors (Lipinski definition) is 4. The summed E-state index contributed by atoms with van der Waals surface area (Å²) in [6, 6.07) is 6.77. The number of anilines is 1. The standard InChI is InChI=1S/C12H16N2O5S/c15-11(5-6-12(16)17)13-8-7-9-1-3-10(4-2-9)14-20(18)19/h1-4,20H,5-8H2,(H,13,15)(H,16,17)(H,14,18,19). The van der Waals surface area contributed by atoms with Gasteiger partial charge in [-0.3, -0.25) is 14.3 Å². The Morgan fingerprint density at radius 2 is 1.75 bits per heavy atom. The van der Waals surface area contributed by atoms with E-state index in [4.69, 9.17) is 5.11 Å². The summed E-state index contributed by atoms with van der Waals surface area (Å²) in [4.78, 5) is 21.5. The normalized spacial score (nSPS) is 10.2. The number of thiol groups is 1. The number of carbonyl (C=O) groups is 2. The third-order valence-corrected chi connectivity index (χ3v) is 2.92. The maximum atomic E-state index is 11.3. The van der Waals surface area contributed by atoms with Crippen molar-refractivity contribution in [2.24, 2.45) is 0 Å². The Morgan fingerprint density at radius 3 is 2.30 bits per heavy atom. The minimum Gasteiger partial charge on any atom is -0.481 e. The van der Waals surface area contributed by atoms with Crippen molar-refractivity contribution in [1.82, 2.24) is 5.32 Å². The van der Waals surface area contributed by atoms with Crippen LogP contribution in [0.1, 0.15) is 18.4 Å². The molecule has 110 valence electrons. The van der Waals surface area contributed by atoms with Crippen LogP contribution in [0.4, 0.5) is 5.69 Å². The lowest BCUT2D eigenvalue weighted by Crippen LogP contribution is -2.26. The lowest BCUT2D eigenvalue weighted by molar-refractivity contribution is -0.138. The predicted molar refractivity (Wildman–Crippen MR) is 74.0 cm³/mol. The fourth-order valence-electron chi connectivity index (χ4n) is 1.51. The molecule has 0 heterocycles. The first-order valence-corrected chi connectivity index (χ1v) is 7.13. The number of carboxylic acid groups (broad SMARTS) is 1. The molecule has 0 aliphatic rings. The van der Waals surface area contributed by atoms with E-state index in [1.165, 1.54) is 0 Å². The van der Waals surface area contributed by atoms with Gasteiger partial charge >= 0.3 is 5.97 Å². The van der Waals surface area contributed by atoms with E-state index in [1.54, 1.807) is 24.3 Å². The Balaban J connectivity index is 2.31. The molecule has 1 amide bonds. The highest BCUT2D eigenvalue weighted by Crippen LogP contribution is 2.09. The topological polar surface area (TPSA) is 113 Å². The number of aliphatic carboxylic acids is 1. The van der Waals surface area contributed by atoms with Crippen LogP contribution in [0.3, 0.4) is 0 Å². The van der Waals surface area contributed by atoms with E-state index in [-0.39, 0.29) is 18.7 Å². The zero-order chi connectivity index (χ0) is 15.0. The third-order valence-electron chi connectivity index (χ3n) is 2.48. The molecule has 20 heavy (non-hydrogen) atoms. The summed E-state index contributed by atoms with van der Waals surface area (Å²) in [6.07, 6.45) is 0.372. The maximum Gasteiger partial charge on any atom is 0.303 e. The van der Waals surface area contributed by atoms with Crippen LogP contribution < -0.4 is 10.0 Å². The Bertz CT molecular complexity index is 531. The van der Waals surface area contributed by atoms with Gasteiger partial charge in [-0.25, -0.2) is 8.42 Å². The van der Waals surface area contributed by atoms with Crippen LogP contribution in [0.25, 0.3) is 0 Å². The van der Waals surface area contributed by atoms with Crippen molar-refractivity contribution in [3.05, 3.63) is 29.8 Å². The molecule has 7 nitrogen and oxygen atoms in total. The van der Waals surface area contributed by atoms with E-state index in [9.17, 15) is 18.0 Å². The van der Waals surface area contributed by atoms with Gasteiger partial charge in [0.05, 0.1) is 6.42 Å². The largest absolute Gasteiger partial charge is 0.481 e. The highest BCUT2D eigenvalue weighted by atomic mass is 32.2. The van der Waals surface area contributed by atoms with E-state index in [0.717, 1.165) is 5.56 Å². The minimum absolute atomic E-state index is 0.0330. The molecule has 1 aromatic rings. The molecule has 0 radical (unpaired) electrons. The summed E-state index contributed by atoms with van der Waals surface area (Å²) in [6.45, 7) is 0.404. The van der Waals surface area contributed by atoms with Crippen molar-refractivity contribution >= 4 is 28.5 Å². The second kappa shape index (κ2) is 8.16. The molecule has 0 spiro atoms. The van der Waals surface area contributed by atoms with Gasteiger partial charge in [-0.1, -0.05) is 12.1 Å². The molecular formula is C12H16N2O5S. The summed E-state index contributed by atoms with van der Waals surface area (Å²) >= 11 is 0. The third kappa shape index (κ3) is 6.74. The van der Waals surface area contributed by atoms with Gasteiger partial charge in [0, 0.05) is 18.7 Å². The first-order valence-electron chi connectivity index (χ1n) is 5.96. The molecule has 0 atom stereocenters. The molecule has 0 unspecified atom stereocenters. The summed E-state index contributed by atoms with van der Waals surface area (Å²) in [7, 11) is -2.67. The summed E-state index contributed by atoms with van der Waals surface area (Å²) in [5.41, 5.74) is 1.42. The number of carboxylic acids is 1. The van der Waals surface area contributed by atoms with E-state index < -0.39 is 16.9 Å². The van der Waals surface area contributed by atoms with E-state index >= 15 is 0 Å².